The second-order valence-electron chi connectivity index (χ2n) is 5.15. The van der Waals surface area contributed by atoms with Crippen LogP contribution in [0.5, 0.6) is 0 Å². The fourth-order valence-electron chi connectivity index (χ4n) is 2.56. The van der Waals surface area contributed by atoms with Gasteiger partial charge in [0.15, 0.2) is 0 Å². The summed E-state index contributed by atoms with van der Waals surface area (Å²) in [5.74, 6) is 1.22. The molecule has 0 saturated heterocycles. The summed E-state index contributed by atoms with van der Waals surface area (Å²) in [6.45, 7) is 4.41. The standard InChI is InChI=1S/C15H24N2S/c1-4-16-15-13-8-6-5-7-12(13)11-14(15)18-10-9-17(2)3/h5-8,14-16H,4,9-11H2,1-3H3. The van der Waals surface area contributed by atoms with E-state index in [2.05, 4.69) is 67.3 Å². The van der Waals surface area contributed by atoms with Crippen LogP contribution in [0.2, 0.25) is 0 Å². The Morgan fingerprint density at radius 3 is 2.83 bits per heavy atom. The first-order chi connectivity index (χ1) is 8.72. The van der Waals surface area contributed by atoms with Crippen molar-refractivity contribution in [1.29, 1.82) is 0 Å². The summed E-state index contributed by atoms with van der Waals surface area (Å²) >= 11 is 2.11. The normalized spacial score (nSPS) is 22.4. The molecule has 0 saturated carbocycles. The first kappa shape index (κ1) is 13.9. The number of benzene rings is 1. The minimum Gasteiger partial charge on any atom is -0.309 e. The molecule has 100 valence electrons. The van der Waals surface area contributed by atoms with E-state index >= 15 is 0 Å². The number of hydrogen-bond acceptors (Lipinski definition) is 3. The molecule has 2 atom stereocenters. The van der Waals surface area contributed by atoms with E-state index in [-0.39, 0.29) is 0 Å². The van der Waals surface area contributed by atoms with Crippen molar-refractivity contribution in [2.45, 2.75) is 24.6 Å². The molecule has 1 N–H and O–H groups in total. The average Bonchev–Trinajstić information content (AvgIpc) is 2.68. The van der Waals surface area contributed by atoms with Gasteiger partial charge in [0.2, 0.25) is 0 Å². The Morgan fingerprint density at radius 1 is 1.33 bits per heavy atom. The van der Waals surface area contributed by atoms with Gasteiger partial charge < -0.3 is 10.2 Å². The lowest BCUT2D eigenvalue weighted by Gasteiger charge is -2.21. The van der Waals surface area contributed by atoms with E-state index in [1.807, 2.05) is 0 Å². The quantitative estimate of drug-likeness (QED) is 0.850. The second kappa shape index (κ2) is 6.60. The van der Waals surface area contributed by atoms with Gasteiger partial charge in [-0.15, -0.1) is 0 Å². The molecule has 1 aromatic rings. The zero-order chi connectivity index (χ0) is 13.0. The first-order valence-electron chi connectivity index (χ1n) is 6.80. The first-order valence-corrected chi connectivity index (χ1v) is 7.84. The number of fused-ring (bicyclic) bond motifs is 1. The van der Waals surface area contributed by atoms with Crippen LogP contribution in [-0.2, 0) is 6.42 Å². The minimum absolute atomic E-state index is 0.540. The third-order valence-electron chi connectivity index (χ3n) is 3.48. The summed E-state index contributed by atoms with van der Waals surface area (Å²) in [6.07, 6.45) is 1.21. The number of nitrogens with one attached hydrogen (secondary N) is 1. The van der Waals surface area contributed by atoms with Crippen LogP contribution in [0.4, 0.5) is 0 Å². The van der Waals surface area contributed by atoms with Crippen LogP contribution >= 0.6 is 11.8 Å². The van der Waals surface area contributed by atoms with Crippen LogP contribution in [0, 0.1) is 0 Å². The van der Waals surface area contributed by atoms with Gasteiger partial charge >= 0.3 is 0 Å². The highest BCUT2D eigenvalue weighted by atomic mass is 32.2. The molecule has 0 fully saturated rings. The molecule has 0 spiro atoms. The number of hydrogen-bond donors (Lipinski definition) is 1. The second-order valence-corrected chi connectivity index (χ2v) is 6.50. The van der Waals surface area contributed by atoms with Crippen molar-refractivity contribution < 1.29 is 0 Å². The predicted octanol–water partition coefficient (Wildman–Crippen LogP) is 2.56. The molecule has 0 amide bonds. The highest BCUT2D eigenvalue weighted by Crippen LogP contribution is 2.38. The molecule has 2 unspecified atom stereocenters. The van der Waals surface area contributed by atoms with Gasteiger partial charge in [0, 0.05) is 23.6 Å². The smallest absolute Gasteiger partial charge is 0.0446 e. The molecule has 2 rings (SSSR count). The fraction of sp³-hybridized carbons (Fsp3) is 0.600. The molecule has 1 aromatic carbocycles. The maximum absolute atomic E-state index is 3.65. The monoisotopic (exact) mass is 264 g/mol. The van der Waals surface area contributed by atoms with Crippen molar-refractivity contribution in [3.63, 3.8) is 0 Å². The maximum Gasteiger partial charge on any atom is 0.0446 e. The molecule has 1 aliphatic rings. The fourth-order valence-corrected chi connectivity index (χ4v) is 4.07. The lowest BCUT2D eigenvalue weighted by molar-refractivity contribution is 0.437. The van der Waals surface area contributed by atoms with Gasteiger partial charge in [-0.25, -0.2) is 0 Å². The number of nitrogens with zero attached hydrogens (tertiary/aromatic N) is 1. The summed E-state index contributed by atoms with van der Waals surface area (Å²) in [4.78, 5) is 2.26. The zero-order valence-electron chi connectivity index (χ0n) is 11.6. The van der Waals surface area contributed by atoms with Crippen molar-refractivity contribution in [2.24, 2.45) is 0 Å². The lowest BCUT2D eigenvalue weighted by Crippen LogP contribution is -2.28. The highest BCUT2D eigenvalue weighted by molar-refractivity contribution is 8.00. The van der Waals surface area contributed by atoms with Crippen molar-refractivity contribution in [3.8, 4) is 0 Å². The molecule has 1 aliphatic carbocycles. The SMILES string of the molecule is CCNC1c2ccccc2CC1SCCN(C)C. The molecule has 0 radical (unpaired) electrons. The Balaban J connectivity index is 1.99. The Morgan fingerprint density at radius 2 is 2.11 bits per heavy atom. The third kappa shape index (κ3) is 3.28. The van der Waals surface area contributed by atoms with Crippen molar-refractivity contribution >= 4 is 11.8 Å². The van der Waals surface area contributed by atoms with Gasteiger partial charge in [0.1, 0.15) is 0 Å². The van der Waals surface area contributed by atoms with Gasteiger partial charge in [-0.1, -0.05) is 31.2 Å². The summed E-state index contributed by atoms with van der Waals surface area (Å²) in [7, 11) is 4.29. The van der Waals surface area contributed by atoms with Crippen LogP contribution < -0.4 is 5.32 Å². The minimum atomic E-state index is 0.540. The van der Waals surface area contributed by atoms with Crippen LogP contribution in [0.15, 0.2) is 24.3 Å². The molecule has 0 heterocycles. The molecule has 2 nitrogen and oxygen atoms in total. The van der Waals surface area contributed by atoms with E-state index in [9.17, 15) is 0 Å². The van der Waals surface area contributed by atoms with Crippen LogP contribution in [0.1, 0.15) is 24.1 Å². The van der Waals surface area contributed by atoms with Gasteiger partial charge in [-0.05, 0) is 38.2 Å². The van der Waals surface area contributed by atoms with Crippen LogP contribution in [0.3, 0.4) is 0 Å². The molecule has 0 aromatic heterocycles. The number of rotatable bonds is 6. The maximum atomic E-state index is 3.65. The topological polar surface area (TPSA) is 15.3 Å². The van der Waals surface area contributed by atoms with E-state index in [0.29, 0.717) is 11.3 Å². The van der Waals surface area contributed by atoms with E-state index in [4.69, 9.17) is 0 Å². The zero-order valence-corrected chi connectivity index (χ0v) is 12.5. The lowest BCUT2D eigenvalue weighted by atomic mass is 10.1. The Labute approximate surface area is 115 Å². The Kier molecular flexibility index (Phi) is 5.10. The van der Waals surface area contributed by atoms with E-state index < -0.39 is 0 Å². The van der Waals surface area contributed by atoms with Crippen molar-refractivity contribution in [2.75, 3.05) is 32.9 Å². The Hall–Kier alpha value is -0.510. The van der Waals surface area contributed by atoms with Crippen molar-refractivity contribution in [3.05, 3.63) is 35.4 Å². The largest absolute Gasteiger partial charge is 0.309 e. The van der Waals surface area contributed by atoms with E-state index in [1.54, 1.807) is 0 Å². The molecule has 0 aliphatic heterocycles. The molecule has 3 heteroatoms. The molecular formula is C15H24N2S. The summed E-state index contributed by atoms with van der Waals surface area (Å²) in [5.41, 5.74) is 3.05. The third-order valence-corrected chi connectivity index (χ3v) is 4.76. The predicted molar refractivity (Wildman–Crippen MR) is 81.4 cm³/mol. The van der Waals surface area contributed by atoms with Crippen molar-refractivity contribution in [1.82, 2.24) is 10.2 Å². The Bertz CT molecular complexity index is 379. The molecule has 18 heavy (non-hydrogen) atoms. The van der Waals surface area contributed by atoms with E-state index in [0.717, 1.165) is 13.1 Å². The molecule has 0 bridgehead atoms. The summed E-state index contributed by atoms with van der Waals surface area (Å²) in [6, 6.07) is 9.44. The van der Waals surface area contributed by atoms with Gasteiger partial charge in [-0.2, -0.15) is 11.8 Å². The van der Waals surface area contributed by atoms with Gasteiger partial charge in [0.05, 0.1) is 0 Å². The van der Waals surface area contributed by atoms with Crippen LogP contribution in [-0.4, -0.2) is 43.1 Å². The van der Waals surface area contributed by atoms with E-state index in [1.165, 1.54) is 23.3 Å². The van der Waals surface area contributed by atoms with Crippen LogP contribution in [0.25, 0.3) is 0 Å². The average molecular weight is 264 g/mol. The summed E-state index contributed by atoms with van der Waals surface area (Å²) in [5, 5.41) is 4.35. The number of thioether (sulfide) groups is 1. The summed E-state index contributed by atoms with van der Waals surface area (Å²) < 4.78 is 0. The van der Waals surface area contributed by atoms with Gasteiger partial charge in [0.25, 0.3) is 0 Å². The molecular weight excluding hydrogens is 240 g/mol. The highest BCUT2D eigenvalue weighted by Gasteiger charge is 2.31. The van der Waals surface area contributed by atoms with Gasteiger partial charge in [-0.3, -0.25) is 0 Å².